The molecule has 0 bridgehead atoms. The third-order valence-corrected chi connectivity index (χ3v) is 3.19. The van der Waals surface area contributed by atoms with Crippen molar-refractivity contribution in [2.45, 2.75) is 26.2 Å². The van der Waals surface area contributed by atoms with Gasteiger partial charge in [0.25, 0.3) is 5.91 Å². The molecule has 1 fully saturated rings. The summed E-state index contributed by atoms with van der Waals surface area (Å²) in [5.41, 5.74) is 2.40. The Kier molecular flexibility index (Phi) is 4.59. The molecule has 1 aromatic rings. The van der Waals surface area contributed by atoms with E-state index in [2.05, 4.69) is 17.2 Å². The normalized spacial score (nSPS) is 13.6. The number of amides is 1. The summed E-state index contributed by atoms with van der Waals surface area (Å²) in [7, 11) is 0. The second-order valence-electron chi connectivity index (χ2n) is 5.04. The molecule has 1 aliphatic rings. The van der Waals surface area contributed by atoms with Crippen molar-refractivity contribution in [3.8, 4) is 11.8 Å². The molecular weight excluding hydrogens is 238 g/mol. The number of rotatable bonds is 4. The maximum Gasteiger partial charge on any atom is 0.251 e. The molecule has 0 spiro atoms. The van der Waals surface area contributed by atoms with Crippen LogP contribution in [0, 0.1) is 24.7 Å². The standard InChI is InChI=1S/C16H19NO2/c1-12-9-14(3-2-8-18)11-15(10-12)16(19)17-7-6-13-4-5-13/h9-11,13,18H,4-8H2,1H3,(H,17,19). The van der Waals surface area contributed by atoms with Crippen LogP contribution < -0.4 is 5.32 Å². The fourth-order valence-corrected chi connectivity index (χ4v) is 2.03. The van der Waals surface area contributed by atoms with E-state index in [0.717, 1.165) is 30.0 Å². The molecule has 19 heavy (non-hydrogen) atoms. The SMILES string of the molecule is Cc1cc(C#CCO)cc(C(=O)NCCC2CC2)c1. The van der Waals surface area contributed by atoms with Gasteiger partial charge in [-0.2, -0.15) is 0 Å². The molecule has 1 amide bonds. The number of aliphatic hydroxyl groups excluding tert-OH is 1. The molecule has 1 saturated carbocycles. The fourth-order valence-electron chi connectivity index (χ4n) is 2.03. The van der Waals surface area contributed by atoms with Crippen LogP contribution in [0.5, 0.6) is 0 Å². The summed E-state index contributed by atoms with van der Waals surface area (Å²) in [6.45, 7) is 2.51. The number of aryl methyl sites for hydroxylation is 1. The maximum atomic E-state index is 12.0. The Hall–Kier alpha value is -1.79. The third kappa shape index (κ3) is 4.42. The number of benzene rings is 1. The lowest BCUT2D eigenvalue weighted by Crippen LogP contribution is -2.24. The van der Waals surface area contributed by atoms with E-state index >= 15 is 0 Å². The van der Waals surface area contributed by atoms with Crippen LogP contribution in [0.1, 0.15) is 40.7 Å². The maximum absolute atomic E-state index is 12.0. The first-order valence-corrected chi connectivity index (χ1v) is 6.68. The second-order valence-corrected chi connectivity index (χ2v) is 5.04. The molecule has 1 aromatic carbocycles. The van der Waals surface area contributed by atoms with Crippen LogP contribution in [-0.4, -0.2) is 24.2 Å². The first kappa shape index (κ1) is 13.6. The van der Waals surface area contributed by atoms with Crippen molar-refractivity contribution in [2.24, 2.45) is 5.92 Å². The van der Waals surface area contributed by atoms with E-state index in [0.29, 0.717) is 5.56 Å². The van der Waals surface area contributed by atoms with Gasteiger partial charge in [-0.15, -0.1) is 0 Å². The summed E-state index contributed by atoms with van der Waals surface area (Å²) in [5, 5.41) is 11.6. The molecule has 3 heteroatoms. The summed E-state index contributed by atoms with van der Waals surface area (Å²) in [4.78, 5) is 12.0. The lowest BCUT2D eigenvalue weighted by atomic mass is 10.1. The molecule has 3 nitrogen and oxygen atoms in total. The zero-order valence-corrected chi connectivity index (χ0v) is 11.2. The van der Waals surface area contributed by atoms with Crippen LogP contribution in [-0.2, 0) is 0 Å². The predicted octanol–water partition coefficient (Wildman–Crippen LogP) is 1.87. The highest BCUT2D eigenvalue weighted by Gasteiger charge is 2.20. The summed E-state index contributed by atoms with van der Waals surface area (Å²) in [5.74, 6) is 6.21. The van der Waals surface area contributed by atoms with Crippen molar-refractivity contribution in [3.05, 3.63) is 34.9 Å². The molecule has 1 aliphatic carbocycles. The topological polar surface area (TPSA) is 49.3 Å². The molecule has 0 saturated heterocycles. The van der Waals surface area contributed by atoms with Crippen LogP contribution >= 0.6 is 0 Å². The van der Waals surface area contributed by atoms with Crippen molar-refractivity contribution in [1.29, 1.82) is 0 Å². The van der Waals surface area contributed by atoms with Crippen LogP contribution in [0.4, 0.5) is 0 Å². The second kappa shape index (κ2) is 6.40. The molecule has 0 unspecified atom stereocenters. The largest absolute Gasteiger partial charge is 0.384 e. The summed E-state index contributed by atoms with van der Waals surface area (Å²) < 4.78 is 0. The first-order valence-electron chi connectivity index (χ1n) is 6.68. The van der Waals surface area contributed by atoms with Gasteiger partial charge in [-0.3, -0.25) is 4.79 Å². The van der Waals surface area contributed by atoms with Crippen molar-refractivity contribution < 1.29 is 9.90 Å². The van der Waals surface area contributed by atoms with Crippen LogP contribution in [0.25, 0.3) is 0 Å². The van der Waals surface area contributed by atoms with E-state index in [1.807, 2.05) is 19.1 Å². The van der Waals surface area contributed by atoms with Gasteiger partial charge in [0.05, 0.1) is 0 Å². The van der Waals surface area contributed by atoms with Gasteiger partial charge < -0.3 is 10.4 Å². The van der Waals surface area contributed by atoms with Gasteiger partial charge in [0.1, 0.15) is 6.61 Å². The monoisotopic (exact) mass is 257 g/mol. The highest BCUT2D eigenvalue weighted by Crippen LogP contribution is 2.31. The van der Waals surface area contributed by atoms with E-state index in [-0.39, 0.29) is 12.5 Å². The Balaban J connectivity index is 2.00. The number of aliphatic hydroxyl groups is 1. The molecule has 0 heterocycles. The zero-order chi connectivity index (χ0) is 13.7. The van der Waals surface area contributed by atoms with E-state index in [9.17, 15) is 4.79 Å². The smallest absolute Gasteiger partial charge is 0.251 e. The molecule has 100 valence electrons. The minimum Gasteiger partial charge on any atom is -0.384 e. The molecule has 2 N–H and O–H groups in total. The Morgan fingerprint density at radius 2 is 2.21 bits per heavy atom. The number of nitrogens with one attached hydrogen (secondary N) is 1. The Bertz CT molecular complexity index is 521. The molecule has 0 radical (unpaired) electrons. The minimum atomic E-state index is -0.170. The van der Waals surface area contributed by atoms with Crippen molar-refractivity contribution >= 4 is 5.91 Å². The van der Waals surface area contributed by atoms with E-state index in [4.69, 9.17) is 5.11 Å². The van der Waals surface area contributed by atoms with Gasteiger partial charge in [-0.05, 0) is 43.0 Å². The number of hydrogen-bond acceptors (Lipinski definition) is 2. The number of hydrogen-bond donors (Lipinski definition) is 2. The van der Waals surface area contributed by atoms with E-state index < -0.39 is 0 Å². The summed E-state index contributed by atoms with van der Waals surface area (Å²) in [6.07, 6.45) is 3.69. The number of carbonyl (C=O) groups excluding carboxylic acids is 1. The molecule has 0 aromatic heterocycles. The third-order valence-electron chi connectivity index (χ3n) is 3.19. The van der Waals surface area contributed by atoms with Gasteiger partial charge in [0.15, 0.2) is 0 Å². The van der Waals surface area contributed by atoms with E-state index in [1.54, 1.807) is 6.07 Å². The van der Waals surface area contributed by atoms with Crippen molar-refractivity contribution in [1.82, 2.24) is 5.32 Å². The summed E-state index contributed by atoms with van der Waals surface area (Å²) in [6, 6.07) is 5.53. The average molecular weight is 257 g/mol. The van der Waals surface area contributed by atoms with Gasteiger partial charge in [-0.25, -0.2) is 0 Å². The Morgan fingerprint density at radius 3 is 2.89 bits per heavy atom. The highest BCUT2D eigenvalue weighted by atomic mass is 16.2. The van der Waals surface area contributed by atoms with Crippen molar-refractivity contribution in [2.75, 3.05) is 13.2 Å². The van der Waals surface area contributed by atoms with Gasteiger partial charge >= 0.3 is 0 Å². The zero-order valence-electron chi connectivity index (χ0n) is 11.2. The lowest BCUT2D eigenvalue weighted by Gasteiger charge is -2.06. The van der Waals surface area contributed by atoms with Gasteiger partial charge in [0, 0.05) is 17.7 Å². The Morgan fingerprint density at radius 1 is 1.42 bits per heavy atom. The summed E-state index contributed by atoms with van der Waals surface area (Å²) >= 11 is 0. The fraction of sp³-hybridized carbons (Fsp3) is 0.438. The first-order chi connectivity index (χ1) is 9.19. The highest BCUT2D eigenvalue weighted by molar-refractivity contribution is 5.94. The average Bonchev–Trinajstić information content (AvgIpc) is 3.19. The predicted molar refractivity (Wildman–Crippen MR) is 74.8 cm³/mol. The molecule has 0 aliphatic heterocycles. The van der Waals surface area contributed by atoms with Crippen LogP contribution in [0.15, 0.2) is 18.2 Å². The number of carbonyl (C=O) groups is 1. The minimum absolute atomic E-state index is 0.0450. The van der Waals surface area contributed by atoms with E-state index in [1.165, 1.54) is 12.8 Å². The lowest BCUT2D eigenvalue weighted by molar-refractivity contribution is 0.0952. The van der Waals surface area contributed by atoms with Crippen LogP contribution in [0.3, 0.4) is 0 Å². The van der Waals surface area contributed by atoms with Crippen molar-refractivity contribution in [3.63, 3.8) is 0 Å². The molecule has 0 atom stereocenters. The van der Waals surface area contributed by atoms with Crippen LogP contribution in [0.2, 0.25) is 0 Å². The quantitative estimate of drug-likeness (QED) is 0.809. The molecule has 2 rings (SSSR count). The van der Waals surface area contributed by atoms with Gasteiger partial charge in [0.2, 0.25) is 0 Å². The molecular formula is C16H19NO2. The van der Waals surface area contributed by atoms with Gasteiger partial charge in [-0.1, -0.05) is 24.7 Å². The Labute approximate surface area is 114 Å².